The van der Waals surface area contributed by atoms with E-state index in [-0.39, 0.29) is 38.0 Å². The Morgan fingerprint density at radius 2 is 1.47 bits per heavy atom. The topological polar surface area (TPSA) is 168 Å². The molecule has 1 aromatic rings. The number of carbonyl (C=O) groups excluding carboxylic acids is 5. The number of methoxy groups -OCH3 is 2. The quantitative estimate of drug-likeness (QED) is 0.175. The van der Waals surface area contributed by atoms with E-state index in [1.807, 2.05) is 18.2 Å². The first-order valence-corrected chi connectivity index (χ1v) is 12.6. The maximum absolute atomic E-state index is 13.3. The molecule has 0 bridgehead atoms. The summed E-state index contributed by atoms with van der Waals surface area (Å²) in [6, 6.07) is 8.09. The normalized spacial score (nSPS) is 14.0. The molecule has 4 atom stereocenters. The molecule has 0 saturated carbocycles. The summed E-state index contributed by atoms with van der Waals surface area (Å²) >= 11 is 0. The van der Waals surface area contributed by atoms with E-state index >= 15 is 0 Å². The van der Waals surface area contributed by atoms with Crippen LogP contribution >= 0.6 is 0 Å². The Labute approximate surface area is 223 Å². The van der Waals surface area contributed by atoms with Gasteiger partial charge in [-0.1, -0.05) is 51.1 Å². The number of hydrogen-bond acceptors (Lipinski definition) is 9. The van der Waals surface area contributed by atoms with Crippen LogP contribution in [0.1, 0.15) is 52.0 Å². The molecular formula is C26H39BN2O9. The number of nitrogens with one attached hydrogen (secondary N) is 2. The number of esters is 2. The Balaban J connectivity index is 2.99. The second kappa shape index (κ2) is 16.6. The molecule has 0 aliphatic carbocycles. The van der Waals surface area contributed by atoms with Crippen LogP contribution in [0.3, 0.4) is 0 Å². The Hall–Kier alpha value is -3.25. The van der Waals surface area contributed by atoms with Gasteiger partial charge in [0.25, 0.3) is 0 Å². The fourth-order valence-electron chi connectivity index (χ4n) is 3.80. The van der Waals surface area contributed by atoms with Gasteiger partial charge in [0.05, 0.1) is 38.5 Å². The van der Waals surface area contributed by atoms with E-state index in [0.29, 0.717) is 0 Å². The van der Waals surface area contributed by atoms with Crippen LogP contribution in [0.4, 0.5) is 0 Å². The molecule has 38 heavy (non-hydrogen) atoms. The van der Waals surface area contributed by atoms with Gasteiger partial charge >= 0.3 is 19.1 Å². The first kappa shape index (κ1) is 32.8. The van der Waals surface area contributed by atoms with E-state index in [4.69, 9.17) is 4.74 Å². The smallest absolute Gasteiger partial charge is 0.469 e. The van der Waals surface area contributed by atoms with Gasteiger partial charge in [-0.05, 0) is 24.3 Å². The molecule has 11 nitrogen and oxygen atoms in total. The number of hydrogen-bond donors (Lipinski definition) is 4. The molecule has 0 aliphatic heterocycles. The zero-order valence-corrected chi connectivity index (χ0v) is 22.6. The standard InChI is InChI=1S/C26H39BN2O9/c1-16(2)19(15-24(32)38-5)26(34)28-20(14-18-9-7-6-8-10-18)21(30)13-17(3)25(33)29-22(27(35)36)11-12-23(31)37-4/h6-10,16-17,19-20,22,35-36H,11-15H2,1-5H3,(H,28,34)(H,29,33)/t17-,19+,20+,22?/m1/s1. The molecular weight excluding hydrogens is 495 g/mol. The Bertz CT molecular complexity index is 940. The summed E-state index contributed by atoms with van der Waals surface area (Å²) in [6.45, 7) is 5.09. The number of rotatable bonds is 16. The molecule has 2 amide bonds. The average molecular weight is 534 g/mol. The largest absolute Gasteiger partial charge is 0.475 e. The van der Waals surface area contributed by atoms with Crippen molar-refractivity contribution in [3.63, 3.8) is 0 Å². The molecule has 0 fully saturated rings. The van der Waals surface area contributed by atoms with Crippen LogP contribution in [0, 0.1) is 17.8 Å². The lowest BCUT2D eigenvalue weighted by Gasteiger charge is -2.25. The fourth-order valence-corrected chi connectivity index (χ4v) is 3.80. The zero-order valence-electron chi connectivity index (χ0n) is 22.6. The van der Waals surface area contributed by atoms with Crippen LogP contribution in [0.25, 0.3) is 0 Å². The molecule has 1 unspecified atom stereocenters. The van der Waals surface area contributed by atoms with Gasteiger partial charge in [-0.2, -0.15) is 0 Å². The minimum absolute atomic E-state index is 0.0692. The molecule has 4 N–H and O–H groups in total. The van der Waals surface area contributed by atoms with Crippen LogP contribution in [0.15, 0.2) is 30.3 Å². The Morgan fingerprint density at radius 1 is 0.868 bits per heavy atom. The fraction of sp³-hybridized carbons (Fsp3) is 0.577. The van der Waals surface area contributed by atoms with Crippen molar-refractivity contribution >= 4 is 36.7 Å². The zero-order chi connectivity index (χ0) is 28.8. The minimum Gasteiger partial charge on any atom is -0.469 e. The van der Waals surface area contributed by atoms with Crippen molar-refractivity contribution in [1.29, 1.82) is 0 Å². The van der Waals surface area contributed by atoms with Gasteiger partial charge in [0.2, 0.25) is 11.8 Å². The predicted octanol–water partition coefficient (Wildman–Crippen LogP) is 0.595. The lowest BCUT2D eigenvalue weighted by molar-refractivity contribution is -0.145. The third-order valence-corrected chi connectivity index (χ3v) is 6.27. The van der Waals surface area contributed by atoms with Crippen molar-refractivity contribution in [3.8, 4) is 0 Å². The molecule has 0 saturated heterocycles. The van der Waals surface area contributed by atoms with Gasteiger partial charge in [-0.15, -0.1) is 0 Å². The second-order valence-electron chi connectivity index (χ2n) is 9.60. The maximum Gasteiger partial charge on any atom is 0.475 e. The van der Waals surface area contributed by atoms with Crippen molar-refractivity contribution in [2.45, 2.75) is 64.9 Å². The summed E-state index contributed by atoms with van der Waals surface area (Å²) in [6.07, 6.45) is -0.403. The van der Waals surface area contributed by atoms with Crippen molar-refractivity contribution in [3.05, 3.63) is 35.9 Å². The van der Waals surface area contributed by atoms with E-state index in [0.717, 1.165) is 5.56 Å². The molecule has 0 aliphatic rings. The number of benzene rings is 1. The lowest BCUT2D eigenvalue weighted by atomic mass is 9.76. The highest BCUT2D eigenvalue weighted by Gasteiger charge is 2.32. The van der Waals surface area contributed by atoms with Crippen LogP contribution in [0.5, 0.6) is 0 Å². The average Bonchev–Trinajstić information content (AvgIpc) is 2.88. The predicted molar refractivity (Wildman–Crippen MR) is 139 cm³/mol. The van der Waals surface area contributed by atoms with Crippen LogP contribution in [-0.2, 0) is 39.9 Å². The molecule has 0 aromatic heterocycles. The van der Waals surface area contributed by atoms with Gasteiger partial charge in [-0.25, -0.2) is 0 Å². The van der Waals surface area contributed by atoms with Crippen LogP contribution in [0.2, 0.25) is 0 Å². The van der Waals surface area contributed by atoms with Crippen molar-refractivity contribution in [2.24, 2.45) is 17.8 Å². The molecule has 1 rings (SSSR count). The Kier molecular flexibility index (Phi) is 14.3. The van der Waals surface area contributed by atoms with Crippen molar-refractivity contribution in [1.82, 2.24) is 10.6 Å². The first-order chi connectivity index (χ1) is 17.9. The number of amides is 2. The third kappa shape index (κ3) is 11.4. The molecule has 1 aromatic carbocycles. The van der Waals surface area contributed by atoms with Crippen molar-refractivity contribution in [2.75, 3.05) is 14.2 Å². The molecule has 0 heterocycles. The number of ketones is 1. The van der Waals surface area contributed by atoms with Gasteiger partial charge in [0.15, 0.2) is 5.78 Å². The second-order valence-corrected chi connectivity index (χ2v) is 9.60. The van der Waals surface area contributed by atoms with E-state index in [1.54, 1.807) is 26.0 Å². The highest BCUT2D eigenvalue weighted by atomic mass is 16.5. The highest BCUT2D eigenvalue weighted by Crippen LogP contribution is 2.18. The maximum atomic E-state index is 13.3. The summed E-state index contributed by atoms with van der Waals surface area (Å²) in [7, 11) is 0.517. The van der Waals surface area contributed by atoms with E-state index in [1.165, 1.54) is 21.1 Å². The van der Waals surface area contributed by atoms with Crippen molar-refractivity contribution < 1.29 is 43.5 Å². The Morgan fingerprint density at radius 3 is 2.00 bits per heavy atom. The lowest BCUT2D eigenvalue weighted by Crippen LogP contribution is -2.50. The summed E-state index contributed by atoms with van der Waals surface area (Å²) in [5.41, 5.74) is 0.795. The van der Waals surface area contributed by atoms with Gasteiger partial charge in [0, 0.05) is 18.8 Å². The van der Waals surface area contributed by atoms with Crippen LogP contribution < -0.4 is 10.6 Å². The molecule has 12 heteroatoms. The van der Waals surface area contributed by atoms with Gasteiger partial charge < -0.3 is 30.2 Å². The summed E-state index contributed by atoms with van der Waals surface area (Å²) in [5, 5.41) is 24.4. The SMILES string of the molecule is COC(=O)CCC(NC(=O)[C@H](C)CC(=O)[C@H](Cc1ccccc1)NC(=O)[C@@H](CC(=O)OC)C(C)C)B(O)O. The third-order valence-electron chi connectivity index (χ3n) is 6.27. The van der Waals surface area contributed by atoms with Crippen LogP contribution in [-0.4, -0.2) is 72.9 Å². The van der Waals surface area contributed by atoms with E-state index in [2.05, 4.69) is 15.4 Å². The van der Waals surface area contributed by atoms with E-state index in [9.17, 15) is 34.0 Å². The molecule has 0 radical (unpaired) electrons. The number of carbonyl (C=O) groups is 5. The minimum atomic E-state index is -1.92. The summed E-state index contributed by atoms with van der Waals surface area (Å²) in [5.74, 6) is -5.51. The number of ether oxygens (including phenoxy) is 2. The number of Topliss-reactive ketones (excluding diaryl/α,β-unsaturated/α-hetero) is 1. The van der Waals surface area contributed by atoms with Gasteiger partial charge in [0.1, 0.15) is 0 Å². The highest BCUT2D eigenvalue weighted by molar-refractivity contribution is 6.43. The van der Waals surface area contributed by atoms with E-state index < -0.39 is 60.5 Å². The monoisotopic (exact) mass is 534 g/mol. The van der Waals surface area contributed by atoms with Gasteiger partial charge in [-0.3, -0.25) is 24.0 Å². The summed E-state index contributed by atoms with van der Waals surface area (Å²) in [4.78, 5) is 62.3. The summed E-state index contributed by atoms with van der Waals surface area (Å²) < 4.78 is 9.23. The first-order valence-electron chi connectivity index (χ1n) is 12.6. The molecule has 0 spiro atoms. The molecule has 210 valence electrons.